The molecule has 10 heteroatoms. The Labute approximate surface area is 264 Å². The molecule has 3 heterocycles. The van der Waals surface area contributed by atoms with Crippen molar-refractivity contribution < 1.29 is 27.5 Å². The minimum Gasteiger partial charge on any atom is -0.489 e. The largest absolute Gasteiger partial charge is 0.489 e. The summed E-state index contributed by atoms with van der Waals surface area (Å²) in [6.45, 7) is 6.51. The van der Waals surface area contributed by atoms with Crippen LogP contribution in [0, 0.1) is 20.8 Å². The van der Waals surface area contributed by atoms with Crippen molar-refractivity contribution in [2.24, 2.45) is 0 Å². The van der Waals surface area contributed by atoms with Gasteiger partial charge in [-0.25, -0.2) is 4.98 Å². The number of amides is 2. The lowest BCUT2D eigenvalue weighted by Crippen LogP contribution is -2.39. The van der Waals surface area contributed by atoms with Gasteiger partial charge in [0.2, 0.25) is 5.91 Å². The summed E-state index contributed by atoms with van der Waals surface area (Å²) in [6.07, 6.45) is -4.35. The summed E-state index contributed by atoms with van der Waals surface area (Å²) in [6, 6.07) is 24.7. The predicted molar refractivity (Wildman–Crippen MR) is 171 cm³/mol. The molecule has 6 rings (SSSR count). The lowest BCUT2D eigenvalue weighted by molar-refractivity contribution is -0.137. The van der Waals surface area contributed by atoms with E-state index in [1.807, 2.05) is 55.7 Å². The number of hydrogen-bond acceptors (Lipinski definition) is 4. The molecule has 0 atom stereocenters. The highest BCUT2D eigenvalue weighted by atomic mass is 19.4. The SMILES string of the molecule is Cc1ccc(C(=O)Nc2ccc3c(c2)OCCN3C(=O)Cc2cccc(-n3c(C)ccc3C)n2)c(-c2ccc(C(F)(F)F)cc2)c1. The van der Waals surface area contributed by atoms with Gasteiger partial charge in [-0.3, -0.25) is 9.59 Å². The molecule has 3 aromatic carbocycles. The Bertz CT molecular complexity index is 1930. The van der Waals surface area contributed by atoms with E-state index in [1.54, 1.807) is 41.3 Å². The van der Waals surface area contributed by atoms with Gasteiger partial charge in [-0.05, 0) is 86.5 Å². The molecule has 2 amide bonds. The molecule has 1 aliphatic heterocycles. The Hall–Kier alpha value is -5.38. The summed E-state index contributed by atoms with van der Waals surface area (Å²) >= 11 is 0. The quantitative estimate of drug-likeness (QED) is 0.210. The van der Waals surface area contributed by atoms with Crippen molar-refractivity contribution in [1.29, 1.82) is 0 Å². The third-order valence-electron chi connectivity index (χ3n) is 7.95. The van der Waals surface area contributed by atoms with Gasteiger partial charge in [-0.15, -0.1) is 0 Å². The summed E-state index contributed by atoms with van der Waals surface area (Å²) in [5.41, 5.74) is 5.19. The molecule has 2 aromatic heterocycles. The van der Waals surface area contributed by atoms with Gasteiger partial charge < -0.3 is 19.5 Å². The Morgan fingerprint density at radius 2 is 1.63 bits per heavy atom. The number of carbonyl (C=O) groups is 2. The number of aromatic nitrogens is 2. The zero-order chi connectivity index (χ0) is 32.6. The van der Waals surface area contributed by atoms with Crippen molar-refractivity contribution in [1.82, 2.24) is 9.55 Å². The number of nitrogens with one attached hydrogen (secondary N) is 1. The van der Waals surface area contributed by atoms with Gasteiger partial charge in [0.25, 0.3) is 5.91 Å². The van der Waals surface area contributed by atoms with Crippen molar-refractivity contribution in [3.8, 4) is 22.7 Å². The molecule has 0 fully saturated rings. The lowest BCUT2D eigenvalue weighted by Gasteiger charge is -2.30. The van der Waals surface area contributed by atoms with Crippen molar-refractivity contribution in [3.63, 3.8) is 0 Å². The first-order valence-electron chi connectivity index (χ1n) is 14.8. The van der Waals surface area contributed by atoms with E-state index in [9.17, 15) is 22.8 Å². The average Bonchev–Trinajstić information content (AvgIpc) is 3.37. The molecular formula is C36H31F3N4O3. The Balaban J connectivity index is 1.20. The molecule has 0 saturated carbocycles. The molecule has 0 spiro atoms. The second kappa shape index (κ2) is 12.2. The van der Waals surface area contributed by atoms with Crippen LogP contribution in [0.5, 0.6) is 5.75 Å². The first kappa shape index (κ1) is 30.6. The number of fused-ring (bicyclic) bond motifs is 1. The summed E-state index contributed by atoms with van der Waals surface area (Å²) in [7, 11) is 0. The molecule has 234 valence electrons. The van der Waals surface area contributed by atoms with Crippen LogP contribution in [0.15, 0.2) is 91.0 Å². The maximum absolute atomic E-state index is 13.5. The average molecular weight is 625 g/mol. The van der Waals surface area contributed by atoms with Crippen molar-refractivity contribution in [2.45, 2.75) is 33.4 Å². The topological polar surface area (TPSA) is 76.5 Å². The summed E-state index contributed by atoms with van der Waals surface area (Å²) in [4.78, 5) is 33.3. The Morgan fingerprint density at radius 1 is 0.891 bits per heavy atom. The van der Waals surface area contributed by atoms with E-state index in [2.05, 4.69) is 5.32 Å². The standard InChI is InChI=1S/C36H31F3N4O3/c1-22-7-15-29(30(19-22)25-10-12-26(13-11-25)36(37,38)39)35(45)41-28-14-16-31-32(20-28)46-18-17-42(31)34(44)21-27-5-4-6-33(40-27)43-23(2)8-9-24(43)3/h4-16,19-20H,17-18,21H2,1-3H3,(H,41,45). The third kappa shape index (κ3) is 6.24. The number of ether oxygens (including phenoxy) is 1. The van der Waals surface area contributed by atoms with E-state index in [0.29, 0.717) is 46.1 Å². The normalized spacial score (nSPS) is 12.8. The van der Waals surface area contributed by atoms with Gasteiger partial charge >= 0.3 is 6.18 Å². The van der Waals surface area contributed by atoms with E-state index < -0.39 is 17.6 Å². The number of nitrogens with zero attached hydrogens (tertiary/aromatic N) is 3. The van der Waals surface area contributed by atoms with Crippen LogP contribution in [0.1, 0.15) is 38.6 Å². The Morgan fingerprint density at radius 3 is 2.35 bits per heavy atom. The second-order valence-electron chi connectivity index (χ2n) is 11.3. The number of carbonyl (C=O) groups excluding carboxylic acids is 2. The smallest absolute Gasteiger partial charge is 0.416 e. The Kier molecular flexibility index (Phi) is 8.12. The number of benzene rings is 3. The fourth-order valence-corrected chi connectivity index (χ4v) is 5.66. The molecule has 0 aliphatic carbocycles. The van der Waals surface area contributed by atoms with Gasteiger partial charge in [-0.2, -0.15) is 13.2 Å². The van der Waals surface area contributed by atoms with Crippen molar-refractivity contribution in [2.75, 3.05) is 23.4 Å². The molecule has 0 unspecified atom stereocenters. The van der Waals surface area contributed by atoms with Gasteiger partial charge in [0, 0.05) is 28.7 Å². The number of rotatable bonds is 6. The first-order chi connectivity index (χ1) is 22.0. The van der Waals surface area contributed by atoms with E-state index in [-0.39, 0.29) is 18.9 Å². The minimum atomic E-state index is -4.45. The second-order valence-corrected chi connectivity index (χ2v) is 11.3. The summed E-state index contributed by atoms with van der Waals surface area (Å²) < 4.78 is 47.2. The summed E-state index contributed by atoms with van der Waals surface area (Å²) in [5.74, 6) is 0.637. The van der Waals surface area contributed by atoms with Gasteiger partial charge in [0.15, 0.2) is 0 Å². The monoisotopic (exact) mass is 624 g/mol. The molecule has 1 N–H and O–H groups in total. The first-order valence-corrected chi connectivity index (χ1v) is 14.8. The third-order valence-corrected chi connectivity index (χ3v) is 7.95. The predicted octanol–water partition coefficient (Wildman–Crippen LogP) is 7.70. The molecule has 0 radical (unpaired) electrons. The van der Waals surface area contributed by atoms with Crippen LogP contribution < -0.4 is 15.0 Å². The van der Waals surface area contributed by atoms with E-state index in [0.717, 1.165) is 34.9 Å². The van der Waals surface area contributed by atoms with Crippen LogP contribution >= 0.6 is 0 Å². The molecule has 0 saturated heterocycles. The van der Waals surface area contributed by atoms with E-state index >= 15 is 0 Å². The van der Waals surface area contributed by atoms with Crippen LogP contribution in [0.3, 0.4) is 0 Å². The molecule has 7 nitrogen and oxygen atoms in total. The van der Waals surface area contributed by atoms with Crippen molar-refractivity contribution >= 4 is 23.2 Å². The maximum Gasteiger partial charge on any atom is 0.416 e. The summed E-state index contributed by atoms with van der Waals surface area (Å²) in [5, 5.41) is 2.87. The number of alkyl halides is 3. The number of pyridine rings is 1. The van der Waals surface area contributed by atoms with Crippen LogP contribution in [0.2, 0.25) is 0 Å². The minimum absolute atomic E-state index is 0.102. The highest BCUT2D eigenvalue weighted by Crippen LogP contribution is 2.36. The van der Waals surface area contributed by atoms with Gasteiger partial charge in [-0.1, -0.05) is 35.9 Å². The van der Waals surface area contributed by atoms with Crippen LogP contribution in [0.25, 0.3) is 16.9 Å². The zero-order valence-electron chi connectivity index (χ0n) is 25.5. The lowest BCUT2D eigenvalue weighted by atomic mass is 9.96. The van der Waals surface area contributed by atoms with E-state index in [4.69, 9.17) is 9.72 Å². The maximum atomic E-state index is 13.5. The number of hydrogen-bond donors (Lipinski definition) is 1. The van der Waals surface area contributed by atoms with Crippen LogP contribution in [0.4, 0.5) is 24.5 Å². The molecule has 0 bridgehead atoms. The van der Waals surface area contributed by atoms with Gasteiger partial charge in [0.05, 0.1) is 29.9 Å². The molecule has 1 aliphatic rings. The van der Waals surface area contributed by atoms with Crippen LogP contribution in [-0.4, -0.2) is 34.5 Å². The van der Waals surface area contributed by atoms with Crippen LogP contribution in [-0.2, 0) is 17.4 Å². The molecule has 46 heavy (non-hydrogen) atoms. The van der Waals surface area contributed by atoms with E-state index in [1.165, 1.54) is 12.1 Å². The van der Waals surface area contributed by atoms with Gasteiger partial charge in [0.1, 0.15) is 18.2 Å². The number of anilines is 2. The fourth-order valence-electron chi connectivity index (χ4n) is 5.66. The molecular weight excluding hydrogens is 593 g/mol. The fraction of sp³-hybridized carbons (Fsp3) is 0.194. The zero-order valence-corrected chi connectivity index (χ0v) is 25.5. The van der Waals surface area contributed by atoms with Crippen molar-refractivity contribution in [3.05, 3.63) is 125 Å². The number of aryl methyl sites for hydroxylation is 3. The highest BCUT2D eigenvalue weighted by molar-refractivity contribution is 6.09. The number of halogens is 3. The highest BCUT2D eigenvalue weighted by Gasteiger charge is 2.30. The molecule has 5 aromatic rings.